The van der Waals surface area contributed by atoms with Crippen molar-refractivity contribution < 1.29 is 0 Å². The first kappa shape index (κ1) is 29.1. The van der Waals surface area contributed by atoms with Crippen molar-refractivity contribution in [2.75, 3.05) is 4.90 Å². The smallest absolute Gasteiger partial charge is 0.0572 e. The van der Waals surface area contributed by atoms with Crippen LogP contribution in [-0.4, -0.2) is 9.55 Å². The van der Waals surface area contributed by atoms with Crippen LogP contribution in [0.1, 0.15) is 23.6 Å². The fourth-order valence-electron chi connectivity index (χ4n) is 9.20. The summed E-state index contributed by atoms with van der Waals surface area (Å²) in [5.74, 6) is 0. The van der Waals surface area contributed by atoms with Crippen molar-refractivity contribution in [3.63, 3.8) is 0 Å². The molecule has 9 aromatic rings. The second-order valence-corrected chi connectivity index (χ2v) is 14.1. The standard InChI is InChI=1S/C49H33N3/c1-49-41-19-9-8-16-38(41)39-18-11-21-46(48(39)49)52(36-25-22-33(23-26-36)32-12-4-2-5-13-32)44-27-24-34(30-42(44)49)37-17-10-20-45-47(37)40-31-50-29-28-43(40)51(45)35-14-6-3-7-15-35/h2-31H,1H3. The summed E-state index contributed by atoms with van der Waals surface area (Å²) in [7, 11) is 0. The molecule has 0 saturated heterocycles. The Balaban J connectivity index is 1.17. The molecule has 3 heterocycles. The van der Waals surface area contributed by atoms with Crippen LogP contribution in [0.3, 0.4) is 0 Å². The van der Waals surface area contributed by atoms with Crippen molar-refractivity contribution in [3.8, 4) is 39.1 Å². The molecule has 1 atom stereocenters. The molecule has 0 amide bonds. The van der Waals surface area contributed by atoms with E-state index in [9.17, 15) is 0 Å². The molecule has 0 spiro atoms. The van der Waals surface area contributed by atoms with Crippen LogP contribution in [0.25, 0.3) is 60.9 Å². The van der Waals surface area contributed by atoms with Gasteiger partial charge in [-0.15, -0.1) is 0 Å². The van der Waals surface area contributed by atoms with Crippen LogP contribution in [-0.2, 0) is 5.41 Å². The number of para-hydroxylation sites is 1. The minimum atomic E-state index is -0.332. The van der Waals surface area contributed by atoms with Crippen molar-refractivity contribution in [1.29, 1.82) is 0 Å². The van der Waals surface area contributed by atoms with Crippen LogP contribution in [0.5, 0.6) is 0 Å². The number of hydrogen-bond donors (Lipinski definition) is 0. The Labute approximate surface area is 302 Å². The first-order valence-corrected chi connectivity index (χ1v) is 18.0. The third-order valence-corrected chi connectivity index (χ3v) is 11.5. The average molecular weight is 664 g/mol. The molecule has 1 aliphatic heterocycles. The second kappa shape index (κ2) is 10.9. The molecule has 2 aliphatic rings. The average Bonchev–Trinajstić information content (AvgIpc) is 3.70. The van der Waals surface area contributed by atoms with Gasteiger partial charge in [0.15, 0.2) is 0 Å². The molecule has 3 nitrogen and oxygen atoms in total. The van der Waals surface area contributed by atoms with Gasteiger partial charge in [-0.1, -0.05) is 115 Å². The van der Waals surface area contributed by atoms with E-state index in [4.69, 9.17) is 0 Å². The number of nitrogens with zero attached hydrogens (tertiary/aromatic N) is 3. The van der Waals surface area contributed by atoms with Gasteiger partial charge in [0.25, 0.3) is 0 Å². The van der Waals surface area contributed by atoms with Crippen LogP contribution in [0.2, 0.25) is 0 Å². The SMILES string of the molecule is CC12c3ccccc3-c3cccc(c31)N(c1ccc(-c3ccccc3)cc1)c1ccc(-c3cccc4c3c3cnccc3n4-c3ccccc3)cc12. The van der Waals surface area contributed by atoms with Gasteiger partial charge in [-0.2, -0.15) is 0 Å². The fraction of sp³-hybridized carbons (Fsp3) is 0.0408. The van der Waals surface area contributed by atoms with E-state index in [1.165, 1.54) is 72.3 Å². The van der Waals surface area contributed by atoms with Crippen molar-refractivity contribution in [1.82, 2.24) is 9.55 Å². The van der Waals surface area contributed by atoms with Crippen LogP contribution in [0, 0.1) is 0 Å². The lowest BCUT2D eigenvalue weighted by molar-refractivity contribution is 0.702. The number of fused-ring (bicyclic) bond motifs is 8. The van der Waals surface area contributed by atoms with Crippen LogP contribution in [0.15, 0.2) is 182 Å². The lowest BCUT2D eigenvalue weighted by Gasteiger charge is -2.42. The van der Waals surface area contributed by atoms with Crippen LogP contribution in [0.4, 0.5) is 17.1 Å². The molecule has 244 valence electrons. The van der Waals surface area contributed by atoms with Gasteiger partial charge in [0, 0.05) is 40.0 Å². The van der Waals surface area contributed by atoms with E-state index in [-0.39, 0.29) is 5.41 Å². The number of pyridine rings is 1. The quantitative estimate of drug-likeness (QED) is 0.187. The Morgan fingerprint density at radius 3 is 2.02 bits per heavy atom. The Kier molecular flexibility index (Phi) is 6.09. The maximum Gasteiger partial charge on any atom is 0.0572 e. The normalized spacial score (nSPS) is 15.4. The summed E-state index contributed by atoms with van der Waals surface area (Å²) in [5.41, 5.74) is 18.3. The molecular weight excluding hydrogens is 631 g/mol. The third kappa shape index (κ3) is 3.93. The summed E-state index contributed by atoms with van der Waals surface area (Å²) < 4.78 is 2.37. The molecule has 0 saturated carbocycles. The van der Waals surface area contributed by atoms with E-state index >= 15 is 0 Å². The Hall–Kier alpha value is -6.71. The van der Waals surface area contributed by atoms with Crippen LogP contribution < -0.4 is 4.90 Å². The molecule has 1 unspecified atom stereocenters. The van der Waals surface area contributed by atoms with Crippen LogP contribution >= 0.6 is 0 Å². The highest BCUT2D eigenvalue weighted by Crippen LogP contribution is 2.62. The molecular formula is C49H33N3. The minimum absolute atomic E-state index is 0.332. The van der Waals surface area contributed by atoms with Crippen molar-refractivity contribution >= 4 is 38.9 Å². The largest absolute Gasteiger partial charge is 0.310 e. The summed E-state index contributed by atoms with van der Waals surface area (Å²) in [4.78, 5) is 7.10. The number of aromatic nitrogens is 2. The number of hydrogen-bond acceptors (Lipinski definition) is 2. The van der Waals surface area contributed by atoms with Gasteiger partial charge in [0.1, 0.15) is 0 Å². The lowest BCUT2D eigenvalue weighted by atomic mass is 9.70. The first-order valence-electron chi connectivity index (χ1n) is 18.0. The van der Waals surface area contributed by atoms with E-state index in [0.29, 0.717) is 0 Å². The van der Waals surface area contributed by atoms with E-state index < -0.39 is 0 Å². The Bertz CT molecular complexity index is 2850. The predicted molar refractivity (Wildman–Crippen MR) is 215 cm³/mol. The van der Waals surface area contributed by atoms with Crippen molar-refractivity contribution in [2.24, 2.45) is 0 Å². The molecule has 0 fully saturated rings. The monoisotopic (exact) mass is 663 g/mol. The summed E-state index contributed by atoms with van der Waals surface area (Å²) in [5, 5.41) is 2.37. The third-order valence-electron chi connectivity index (χ3n) is 11.5. The van der Waals surface area contributed by atoms with Gasteiger partial charge < -0.3 is 9.47 Å². The van der Waals surface area contributed by atoms with Gasteiger partial charge >= 0.3 is 0 Å². The predicted octanol–water partition coefficient (Wildman–Crippen LogP) is 12.6. The van der Waals surface area contributed by atoms with Gasteiger partial charge in [0.05, 0.1) is 22.4 Å². The van der Waals surface area contributed by atoms with Gasteiger partial charge in [-0.3, -0.25) is 4.98 Å². The second-order valence-electron chi connectivity index (χ2n) is 14.1. The molecule has 52 heavy (non-hydrogen) atoms. The fourth-order valence-corrected chi connectivity index (χ4v) is 9.20. The molecule has 0 radical (unpaired) electrons. The minimum Gasteiger partial charge on any atom is -0.310 e. The van der Waals surface area contributed by atoms with Crippen molar-refractivity contribution in [3.05, 3.63) is 199 Å². The number of anilines is 3. The number of benzene rings is 7. The van der Waals surface area contributed by atoms with Gasteiger partial charge in [-0.05, 0) is 112 Å². The van der Waals surface area contributed by atoms with Crippen molar-refractivity contribution in [2.45, 2.75) is 12.3 Å². The van der Waals surface area contributed by atoms with E-state index in [0.717, 1.165) is 22.3 Å². The maximum atomic E-state index is 4.62. The van der Waals surface area contributed by atoms with Gasteiger partial charge in [0.2, 0.25) is 0 Å². The van der Waals surface area contributed by atoms with E-state index in [1.54, 1.807) is 0 Å². The molecule has 11 rings (SSSR count). The molecule has 2 aromatic heterocycles. The lowest BCUT2D eigenvalue weighted by Crippen LogP contribution is -2.32. The maximum absolute atomic E-state index is 4.62. The zero-order valence-electron chi connectivity index (χ0n) is 28.7. The summed E-state index contributed by atoms with van der Waals surface area (Å²) in [6.45, 7) is 2.44. The highest BCUT2D eigenvalue weighted by Gasteiger charge is 2.48. The molecule has 0 N–H and O–H groups in total. The number of rotatable bonds is 4. The molecule has 7 aromatic carbocycles. The highest BCUT2D eigenvalue weighted by atomic mass is 15.2. The molecule has 1 aliphatic carbocycles. The van der Waals surface area contributed by atoms with E-state index in [2.05, 4.69) is 191 Å². The molecule has 0 bridgehead atoms. The summed E-state index contributed by atoms with van der Waals surface area (Å²) >= 11 is 0. The Morgan fingerprint density at radius 1 is 0.481 bits per heavy atom. The molecule has 3 heteroatoms. The zero-order chi connectivity index (χ0) is 34.4. The first-order chi connectivity index (χ1) is 25.7. The Morgan fingerprint density at radius 2 is 1.17 bits per heavy atom. The summed E-state index contributed by atoms with van der Waals surface area (Å²) in [6, 6.07) is 62.1. The van der Waals surface area contributed by atoms with Gasteiger partial charge in [-0.25, -0.2) is 0 Å². The topological polar surface area (TPSA) is 21.1 Å². The zero-order valence-corrected chi connectivity index (χ0v) is 28.7. The van der Waals surface area contributed by atoms with E-state index in [1.807, 2.05) is 12.4 Å². The highest BCUT2D eigenvalue weighted by molar-refractivity contribution is 6.15. The summed E-state index contributed by atoms with van der Waals surface area (Å²) in [6.07, 6.45) is 3.92.